The monoisotopic (exact) mass is 431 g/mol. The summed E-state index contributed by atoms with van der Waals surface area (Å²) >= 11 is 0. The molecule has 32 heavy (non-hydrogen) atoms. The van der Waals surface area contributed by atoms with Crippen LogP contribution in [0.25, 0.3) is 0 Å². The van der Waals surface area contributed by atoms with Crippen LogP contribution in [0.2, 0.25) is 0 Å². The number of nitrogens with one attached hydrogen (secondary N) is 2. The molecule has 8 heteroatoms. The lowest BCUT2D eigenvalue weighted by molar-refractivity contribution is -0.127. The highest BCUT2D eigenvalue weighted by Crippen LogP contribution is 2.35. The number of carbonyl (C=O) groups is 3. The predicted octanol–water partition coefficient (Wildman–Crippen LogP) is 3.88. The average Bonchev–Trinajstić information content (AvgIpc) is 2.78. The molecule has 1 heterocycles. The normalized spacial score (nSPS) is 14.8. The van der Waals surface area contributed by atoms with Crippen LogP contribution in [-0.4, -0.2) is 35.5 Å². The zero-order chi connectivity index (χ0) is 22.7. The minimum absolute atomic E-state index is 0.0407. The van der Waals surface area contributed by atoms with Gasteiger partial charge in [-0.25, -0.2) is 4.79 Å². The van der Waals surface area contributed by atoms with Gasteiger partial charge < -0.3 is 20.5 Å². The molecule has 3 aromatic rings. The van der Waals surface area contributed by atoms with Gasteiger partial charge >= 0.3 is 5.97 Å². The molecule has 4 rings (SSSR count). The average molecular weight is 431 g/mol. The fourth-order valence-corrected chi connectivity index (χ4v) is 3.38. The number of benzene rings is 3. The maximum absolute atomic E-state index is 12.6. The van der Waals surface area contributed by atoms with Gasteiger partial charge in [-0.05, 0) is 61.5 Å². The van der Waals surface area contributed by atoms with Crippen molar-refractivity contribution in [2.75, 3.05) is 22.1 Å². The number of carboxylic acid groups (broad SMARTS) is 1. The summed E-state index contributed by atoms with van der Waals surface area (Å²) in [5.74, 6) is -1.61. The molecule has 3 aromatic carbocycles. The van der Waals surface area contributed by atoms with Crippen LogP contribution in [0.3, 0.4) is 0 Å². The maximum atomic E-state index is 12.6. The number of para-hydroxylation sites is 1. The number of anilines is 4. The van der Waals surface area contributed by atoms with Crippen molar-refractivity contribution in [3.63, 3.8) is 0 Å². The van der Waals surface area contributed by atoms with E-state index < -0.39 is 12.1 Å². The van der Waals surface area contributed by atoms with Crippen LogP contribution in [-0.2, 0) is 9.59 Å². The van der Waals surface area contributed by atoms with E-state index >= 15 is 0 Å². The Balaban J connectivity index is 1.44. The summed E-state index contributed by atoms with van der Waals surface area (Å²) in [4.78, 5) is 37.8. The molecule has 1 unspecified atom stereocenters. The minimum atomic E-state index is -1.10. The Kier molecular flexibility index (Phi) is 5.76. The van der Waals surface area contributed by atoms with Gasteiger partial charge in [-0.15, -0.1) is 0 Å². The number of ether oxygens (including phenoxy) is 1. The summed E-state index contributed by atoms with van der Waals surface area (Å²) < 4.78 is 5.53. The molecule has 0 aliphatic carbocycles. The van der Waals surface area contributed by atoms with Crippen molar-refractivity contribution in [2.45, 2.75) is 13.0 Å². The predicted molar refractivity (Wildman–Crippen MR) is 121 cm³/mol. The lowest BCUT2D eigenvalue weighted by Crippen LogP contribution is -2.47. The standard InChI is InChI=1S/C24H21N3O5/c1-15-23(29)27(20-12-7-16(24(30)31)13-21(20)32-15)14-22(28)26-19-10-8-18(9-11-19)25-17-5-3-2-4-6-17/h2-13,15,25H,14H2,1H3,(H,26,28)(H,30,31). The van der Waals surface area contributed by atoms with E-state index in [1.54, 1.807) is 19.1 Å². The number of nitrogens with zero attached hydrogens (tertiary/aromatic N) is 1. The highest BCUT2D eigenvalue weighted by Gasteiger charge is 2.33. The van der Waals surface area contributed by atoms with Crippen LogP contribution in [0.5, 0.6) is 5.75 Å². The van der Waals surface area contributed by atoms with Crippen molar-refractivity contribution >= 4 is 40.5 Å². The quantitative estimate of drug-likeness (QED) is 0.547. The van der Waals surface area contributed by atoms with E-state index in [0.717, 1.165) is 11.4 Å². The highest BCUT2D eigenvalue weighted by atomic mass is 16.5. The van der Waals surface area contributed by atoms with Gasteiger partial charge in [0.25, 0.3) is 5.91 Å². The van der Waals surface area contributed by atoms with Gasteiger partial charge in [-0.3, -0.25) is 14.5 Å². The maximum Gasteiger partial charge on any atom is 0.335 e. The number of carbonyl (C=O) groups excluding carboxylic acids is 2. The molecule has 2 amide bonds. The molecule has 0 radical (unpaired) electrons. The zero-order valence-corrected chi connectivity index (χ0v) is 17.2. The third-order valence-electron chi connectivity index (χ3n) is 4.95. The highest BCUT2D eigenvalue weighted by molar-refractivity contribution is 6.06. The molecule has 0 saturated carbocycles. The van der Waals surface area contributed by atoms with Gasteiger partial charge in [0.2, 0.25) is 5.91 Å². The molecule has 1 atom stereocenters. The number of rotatable bonds is 6. The number of aromatic carboxylic acids is 1. The van der Waals surface area contributed by atoms with Gasteiger partial charge in [0.05, 0.1) is 11.3 Å². The molecule has 0 aromatic heterocycles. The van der Waals surface area contributed by atoms with Crippen molar-refractivity contribution in [3.05, 3.63) is 78.4 Å². The fourth-order valence-electron chi connectivity index (χ4n) is 3.38. The number of carboxylic acids is 1. The number of fused-ring (bicyclic) bond motifs is 1. The van der Waals surface area contributed by atoms with E-state index in [4.69, 9.17) is 4.74 Å². The van der Waals surface area contributed by atoms with Crippen molar-refractivity contribution in [3.8, 4) is 5.75 Å². The first-order valence-corrected chi connectivity index (χ1v) is 9.98. The molecule has 162 valence electrons. The molecule has 0 saturated heterocycles. The molecule has 0 spiro atoms. The van der Waals surface area contributed by atoms with E-state index in [1.165, 1.54) is 23.1 Å². The van der Waals surface area contributed by atoms with Crippen LogP contribution in [0.4, 0.5) is 22.7 Å². The topological polar surface area (TPSA) is 108 Å². The summed E-state index contributed by atoms with van der Waals surface area (Å²) in [6, 6.07) is 21.1. The van der Waals surface area contributed by atoms with E-state index in [9.17, 15) is 19.5 Å². The molecule has 0 fully saturated rings. The summed E-state index contributed by atoms with van der Waals surface area (Å²) in [6.45, 7) is 1.33. The molecule has 1 aliphatic rings. The van der Waals surface area contributed by atoms with Crippen LogP contribution < -0.4 is 20.3 Å². The minimum Gasteiger partial charge on any atom is -0.479 e. The Morgan fingerprint density at radius 3 is 2.31 bits per heavy atom. The first-order valence-electron chi connectivity index (χ1n) is 9.98. The van der Waals surface area contributed by atoms with Crippen molar-refractivity contribution in [1.29, 1.82) is 0 Å². The van der Waals surface area contributed by atoms with Crippen molar-refractivity contribution in [2.24, 2.45) is 0 Å². The van der Waals surface area contributed by atoms with Crippen molar-refractivity contribution < 1.29 is 24.2 Å². The van der Waals surface area contributed by atoms with Gasteiger partial charge in [0, 0.05) is 17.1 Å². The SMILES string of the molecule is CC1Oc2cc(C(=O)O)ccc2N(CC(=O)Nc2ccc(Nc3ccccc3)cc2)C1=O. The number of hydrogen-bond donors (Lipinski definition) is 3. The Morgan fingerprint density at radius 1 is 0.969 bits per heavy atom. The summed E-state index contributed by atoms with van der Waals surface area (Å²) in [5, 5.41) is 15.2. The largest absolute Gasteiger partial charge is 0.479 e. The Labute approximate surface area is 184 Å². The van der Waals surface area contributed by atoms with Crippen LogP contribution >= 0.6 is 0 Å². The Bertz CT molecular complexity index is 1160. The van der Waals surface area contributed by atoms with Crippen LogP contribution in [0.15, 0.2) is 72.8 Å². The van der Waals surface area contributed by atoms with E-state index in [1.807, 2.05) is 42.5 Å². The molecule has 8 nitrogen and oxygen atoms in total. The molecular weight excluding hydrogens is 410 g/mol. The second-order valence-electron chi connectivity index (χ2n) is 7.29. The summed E-state index contributed by atoms with van der Waals surface area (Å²) in [7, 11) is 0. The van der Waals surface area contributed by atoms with E-state index in [-0.39, 0.29) is 29.7 Å². The molecule has 0 bridgehead atoms. The Hall–Kier alpha value is -4.33. The second-order valence-corrected chi connectivity index (χ2v) is 7.29. The summed E-state index contributed by atoms with van der Waals surface area (Å²) in [5.41, 5.74) is 2.81. The Morgan fingerprint density at radius 2 is 1.62 bits per heavy atom. The van der Waals surface area contributed by atoms with Gasteiger partial charge in [0.1, 0.15) is 12.3 Å². The first kappa shape index (κ1) is 20.9. The molecule has 3 N–H and O–H groups in total. The number of hydrogen-bond acceptors (Lipinski definition) is 5. The van der Waals surface area contributed by atoms with Gasteiger partial charge in [0.15, 0.2) is 6.10 Å². The van der Waals surface area contributed by atoms with Gasteiger partial charge in [-0.2, -0.15) is 0 Å². The lowest BCUT2D eigenvalue weighted by Gasteiger charge is -2.32. The molecular formula is C24H21N3O5. The third kappa shape index (κ3) is 4.54. The summed E-state index contributed by atoms with van der Waals surface area (Å²) in [6.07, 6.45) is -0.831. The van der Waals surface area contributed by atoms with Crippen LogP contribution in [0.1, 0.15) is 17.3 Å². The zero-order valence-electron chi connectivity index (χ0n) is 17.2. The van der Waals surface area contributed by atoms with E-state index in [2.05, 4.69) is 10.6 Å². The second kappa shape index (κ2) is 8.81. The first-order chi connectivity index (χ1) is 15.4. The van der Waals surface area contributed by atoms with Crippen molar-refractivity contribution in [1.82, 2.24) is 0 Å². The number of amides is 2. The fraction of sp³-hybridized carbons (Fsp3) is 0.125. The van der Waals surface area contributed by atoms with E-state index in [0.29, 0.717) is 11.4 Å². The lowest BCUT2D eigenvalue weighted by atomic mass is 10.1. The molecule has 1 aliphatic heterocycles. The van der Waals surface area contributed by atoms with Crippen LogP contribution in [0, 0.1) is 0 Å². The third-order valence-corrected chi connectivity index (χ3v) is 4.95. The smallest absolute Gasteiger partial charge is 0.335 e. The van der Waals surface area contributed by atoms with Gasteiger partial charge in [-0.1, -0.05) is 18.2 Å².